The third kappa shape index (κ3) is 3.59. The van der Waals surface area contributed by atoms with Crippen molar-refractivity contribution in [1.29, 1.82) is 0 Å². The molecule has 0 aromatic heterocycles. The topological polar surface area (TPSA) is 66.4 Å². The smallest absolute Gasteiger partial charge is 0.240 e. The third-order valence-electron chi connectivity index (χ3n) is 2.24. The fourth-order valence-electron chi connectivity index (χ4n) is 1.24. The van der Waals surface area contributed by atoms with Crippen LogP contribution in [-0.2, 0) is 16.6 Å². The zero-order valence-corrected chi connectivity index (χ0v) is 10.1. The van der Waals surface area contributed by atoms with E-state index >= 15 is 0 Å². The highest BCUT2D eigenvalue weighted by molar-refractivity contribution is 7.89. The summed E-state index contributed by atoms with van der Waals surface area (Å²) >= 11 is 0. The standard InChI is InChI=1S/C11H17NO3S/c1-2-3-8-12-16(14,15)11-6-4-10(9-13)5-7-11/h4-7,12-13H,2-3,8-9H2,1H3. The van der Waals surface area contributed by atoms with Crippen molar-refractivity contribution in [3.05, 3.63) is 29.8 Å². The molecule has 0 fully saturated rings. The maximum Gasteiger partial charge on any atom is 0.240 e. The van der Waals surface area contributed by atoms with Gasteiger partial charge in [-0.05, 0) is 24.1 Å². The Hall–Kier alpha value is -0.910. The fourth-order valence-corrected chi connectivity index (χ4v) is 2.31. The molecular formula is C11H17NO3S. The predicted octanol–water partition coefficient (Wildman–Crippen LogP) is 1.26. The van der Waals surface area contributed by atoms with E-state index in [-0.39, 0.29) is 11.5 Å². The Balaban J connectivity index is 2.74. The second kappa shape index (κ2) is 5.98. The molecule has 0 spiro atoms. The first-order valence-electron chi connectivity index (χ1n) is 5.29. The van der Waals surface area contributed by atoms with Crippen LogP contribution in [0.25, 0.3) is 0 Å². The largest absolute Gasteiger partial charge is 0.392 e. The lowest BCUT2D eigenvalue weighted by Gasteiger charge is -2.06. The van der Waals surface area contributed by atoms with Crippen LogP contribution >= 0.6 is 0 Å². The Morgan fingerprint density at radius 3 is 2.38 bits per heavy atom. The van der Waals surface area contributed by atoms with E-state index < -0.39 is 10.0 Å². The van der Waals surface area contributed by atoms with Crippen molar-refractivity contribution >= 4 is 10.0 Å². The van der Waals surface area contributed by atoms with Crippen LogP contribution < -0.4 is 4.72 Å². The van der Waals surface area contributed by atoms with Crippen LogP contribution in [0.15, 0.2) is 29.2 Å². The number of rotatable bonds is 6. The van der Waals surface area contributed by atoms with E-state index in [9.17, 15) is 8.42 Å². The number of sulfonamides is 1. The summed E-state index contributed by atoms with van der Waals surface area (Å²) in [7, 11) is -3.39. The van der Waals surface area contributed by atoms with Gasteiger partial charge in [-0.15, -0.1) is 0 Å². The lowest BCUT2D eigenvalue weighted by molar-refractivity contribution is 0.282. The van der Waals surface area contributed by atoms with Gasteiger partial charge < -0.3 is 5.11 Å². The van der Waals surface area contributed by atoms with Crippen molar-refractivity contribution in [2.45, 2.75) is 31.3 Å². The van der Waals surface area contributed by atoms with Gasteiger partial charge >= 0.3 is 0 Å². The van der Waals surface area contributed by atoms with Gasteiger partial charge in [0.25, 0.3) is 0 Å². The molecule has 5 heteroatoms. The lowest BCUT2D eigenvalue weighted by Crippen LogP contribution is -2.24. The summed E-state index contributed by atoms with van der Waals surface area (Å²) in [6.45, 7) is 2.38. The quantitative estimate of drug-likeness (QED) is 0.739. The van der Waals surface area contributed by atoms with Crippen molar-refractivity contribution < 1.29 is 13.5 Å². The molecule has 1 aromatic rings. The van der Waals surface area contributed by atoms with Crippen LogP contribution in [-0.4, -0.2) is 20.1 Å². The molecule has 0 aliphatic rings. The van der Waals surface area contributed by atoms with Gasteiger partial charge in [-0.25, -0.2) is 13.1 Å². The summed E-state index contributed by atoms with van der Waals surface area (Å²) in [5.41, 5.74) is 0.701. The molecule has 0 bridgehead atoms. The maximum atomic E-state index is 11.7. The second-order valence-corrected chi connectivity index (χ2v) is 5.32. The zero-order chi connectivity index (χ0) is 12.0. The van der Waals surface area contributed by atoms with Gasteiger partial charge in [0.05, 0.1) is 11.5 Å². The van der Waals surface area contributed by atoms with Crippen molar-refractivity contribution in [3.63, 3.8) is 0 Å². The molecule has 0 radical (unpaired) electrons. The van der Waals surface area contributed by atoms with Crippen LogP contribution in [0.4, 0.5) is 0 Å². The molecule has 1 rings (SSSR count). The Kier molecular flexibility index (Phi) is 4.92. The molecule has 0 aliphatic heterocycles. The van der Waals surface area contributed by atoms with E-state index in [2.05, 4.69) is 4.72 Å². The molecule has 0 unspecified atom stereocenters. The molecule has 0 heterocycles. The van der Waals surface area contributed by atoms with Crippen LogP contribution in [0.1, 0.15) is 25.3 Å². The highest BCUT2D eigenvalue weighted by atomic mass is 32.2. The molecule has 2 N–H and O–H groups in total. The van der Waals surface area contributed by atoms with Crippen LogP contribution in [0.3, 0.4) is 0 Å². The van der Waals surface area contributed by atoms with Gasteiger partial charge in [0.2, 0.25) is 10.0 Å². The summed E-state index contributed by atoms with van der Waals surface area (Å²) in [6.07, 6.45) is 1.78. The van der Waals surface area contributed by atoms with Gasteiger partial charge in [-0.1, -0.05) is 25.5 Å². The molecule has 4 nitrogen and oxygen atoms in total. The number of benzene rings is 1. The average molecular weight is 243 g/mol. The average Bonchev–Trinajstić information content (AvgIpc) is 2.29. The van der Waals surface area contributed by atoms with E-state index in [0.717, 1.165) is 12.8 Å². The molecule has 0 saturated heterocycles. The first-order chi connectivity index (χ1) is 7.60. The third-order valence-corrected chi connectivity index (χ3v) is 3.72. The summed E-state index contributed by atoms with van der Waals surface area (Å²) in [5, 5.41) is 8.84. The highest BCUT2D eigenvalue weighted by Crippen LogP contribution is 2.10. The molecule has 0 atom stereocenters. The van der Waals surface area contributed by atoms with Gasteiger partial charge in [0.15, 0.2) is 0 Å². The number of unbranched alkanes of at least 4 members (excludes halogenated alkanes) is 1. The van der Waals surface area contributed by atoms with Gasteiger partial charge in [0, 0.05) is 6.54 Å². The van der Waals surface area contributed by atoms with E-state index in [1.165, 1.54) is 12.1 Å². The summed E-state index contributed by atoms with van der Waals surface area (Å²) in [4.78, 5) is 0.237. The minimum absolute atomic E-state index is 0.0798. The predicted molar refractivity (Wildman–Crippen MR) is 62.5 cm³/mol. The summed E-state index contributed by atoms with van der Waals surface area (Å²) in [5.74, 6) is 0. The Labute approximate surface area is 96.4 Å². The zero-order valence-electron chi connectivity index (χ0n) is 9.31. The molecule has 0 saturated carbocycles. The first kappa shape index (κ1) is 13.2. The molecule has 0 amide bonds. The van der Waals surface area contributed by atoms with Crippen LogP contribution in [0.2, 0.25) is 0 Å². The van der Waals surface area contributed by atoms with E-state index in [1.807, 2.05) is 6.92 Å². The lowest BCUT2D eigenvalue weighted by atomic mass is 10.2. The summed E-state index contributed by atoms with van der Waals surface area (Å²) in [6, 6.07) is 6.21. The van der Waals surface area contributed by atoms with E-state index in [1.54, 1.807) is 12.1 Å². The minimum atomic E-state index is -3.39. The SMILES string of the molecule is CCCCNS(=O)(=O)c1ccc(CO)cc1. The maximum absolute atomic E-state index is 11.7. The Morgan fingerprint density at radius 1 is 1.25 bits per heavy atom. The van der Waals surface area contributed by atoms with Crippen LogP contribution in [0, 0.1) is 0 Å². The van der Waals surface area contributed by atoms with Crippen molar-refractivity contribution in [1.82, 2.24) is 4.72 Å². The molecular weight excluding hydrogens is 226 g/mol. The van der Waals surface area contributed by atoms with Gasteiger partial charge in [-0.2, -0.15) is 0 Å². The highest BCUT2D eigenvalue weighted by Gasteiger charge is 2.12. The number of hydrogen-bond donors (Lipinski definition) is 2. The molecule has 90 valence electrons. The van der Waals surface area contributed by atoms with E-state index in [0.29, 0.717) is 12.1 Å². The normalized spacial score (nSPS) is 11.6. The van der Waals surface area contributed by atoms with Crippen LogP contribution in [0.5, 0.6) is 0 Å². The van der Waals surface area contributed by atoms with Crippen molar-refractivity contribution in [2.24, 2.45) is 0 Å². The minimum Gasteiger partial charge on any atom is -0.392 e. The Bertz CT molecular complexity index is 411. The summed E-state index contributed by atoms with van der Waals surface area (Å²) < 4.78 is 26.0. The first-order valence-corrected chi connectivity index (χ1v) is 6.78. The van der Waals surface area contributed by atoms with Gasteiger partial charge in [0.1, 0.15) is 0 Å². The van der Waals surface area contributed by atoms with Crippen molar-refractivity contribution in [3.8, 4) is 0 Å². The molecule has 1 aromatic carbocycles. The van der Waals surface area contributed by atoms with Gasteiger partial charge in [-0.3, -0.25) is 0 Å². The molecule has 0 aliphatic carbocycles. The monoisotopic (exact) mass is 243 g/mol. The van der Waals surface area contributed by atoms with Crippen molar-refractivity contribution in [2.75, 3.05) is 6.54 Å². The number of aliphatic hydroxyl groups is 1. The number of aliphatic hydroxyl groups excluding tert-OH is 1. The number of hydrogen-bond acceptors (Lipinski definition) is 3. The fraction of sp³-hybridized carbons (Fsp3) is 0.455. The second-order valence-electron chi connectivity index (χ2n) is 3.55. The van der Waals surface area contributed by atoms with E-state index in [4.69, 9.17) is 5.11 Å². The number of nitrogens with one attached hydrogen (secondary N) is 1. The molecule has 16 heavy (non-hydrogen) atoms. The Morgan fingerprint density at radius 2 is 1.88 bits per heavy atom.